The van der Waals surface area contributed by atoms with E-state index in [0.717, 1.165) is 24.4 Å². The zero-order chi connectivity index (χ0) is 13.2. The summed E-state index contributed by atoms with van der Waals surface area (Å²) in [5.41, 5.74) is 7.41. The molecule has 2 N–H and O–H groups in total. The van der Waals surface area contributed by atoms with E-state index in [9.17, 15) is 0 Å². The van der Waals surface area contributed by atoms with Gasteiger partial charge in [0.1, 0.15) is 0 Å². The van der Waals surface area contributed by atoms with E-state index in [4.69, 9.17) is 17.3 Å². The molecular weight excluding hydrogens is 262 g/mol. The highest BCUT2D eigenvalue weighted by atomic mass is 35.5. The predicted molar refractivity (Wildman–Crippen MR) is 74.6 cm³/mol. The highest BCUT2D eigenvalue weighted by molar-refractivity contribution is 6.31. The van der Waals surface area contributed by atoms with Gasteiger partial charge in [-0.3, -0.25) is 0 Å². The van der Waals surface area contributed by atoms with E-state index in [1.165, 1.54) is 19.3 Å². The van der Waals surface area contributed by atoms with Crippen molar-refractivity contribution in [1.82, 2.24) is 20.2 Å². The number of rotatable bonds is 5. The Hall–Kier alpha value is -1.62. The number of anilines is 1. The van der Waals surface area contributed by atoms with Crippen LogP contribution in [0.15, 0.2) is 18.2 Å². The Kier molecular flexibility index (Phi) is 3.38. The second kappa shape index (κ2) is 5.17. The molecule has 1 aromatic carbocycles. The molecule has 3 rings (SSSR count). The normalized spacial score (nSPS) is 14.8. The van der Waals surface area contributed by atoms with Crippen LogP contribution in [-0.2, 0) is 6.54 Å². The van der Waals surface area contributed by atoms with Crippen molar-refractivity contribution in [2.45, 2.75) is 32.2 Å². The molecule has 0 amide bonds. The molecule has 0 atom stereocenters. The third-order valence-electron chi connectivity index (χ3n) is 3.47. The van der Waals surface area contributed by atoms with Gasteiger partial charge in [0.05, 0.1) is 0 Å². The summed E-state index contributed by atoms with van der Waals surface area (Å²) in [7, 11) is 0. The summed E-state index contributed by atoms with van der Waals surface area (Å²) in [6.07, 6.45) is 5.13. The Labute approximate surface area is 116 Å². The SMILES string of the molecule is Nc1cc(Cl)ccc1-c1nnnn1CCCC1CC1. The van der Waals surface area contributed by atoms with E-state index >= 15 is 0 Å². The number of hydrogen-bond donors (Lipinski definition) is 1. The summed E-state index contributed by atoms with van der Waals surface area (Å²) in [5.74, 6) is 1.64. The minimum Gasteiger partial charge on any atom is -0.398 e. The van der Waals surface area contributed by atoms with Crippen molar-refractivity contribution < 1.29 is 0 Å². The lowest BCUT2D eigenvalue weighted by Gasteiger charge is -2.07. The third-order valence-corrected chi connectivity index (χ3v) is 3.70. The van der Waals surface area contributed by atoms with Crippen molar-refractivity contribution >= 4 is 17.3 Å². The molecule has 0 radical (unpaired) electrons. The molecule has 0 aliphatic heterocycles. The van der Waals surface area contributed by atoms with Crippen LogP contribution in [0.25, 0.3) is 11.4 Å². The Morgan fingerprint density at radius 3 is 2.95 bits per heavy atom. The number of hydrogen-bond acceptors (Lipinski definition) is 4. The molecule has 1 heterocycles. The number of nitrogens with zero attached hydrogens (tertiary/aromatic N) is 4. The molecule has 0 bridgehead atoms. The van der Waals surface area contributed by atoms with Gasteiger partial charge < -0.3 is 5.73 Å². The maximum Gasteiger partial charge on any atom is 0.184 e. The largest absolute Gasteiger partial charge is 0.398 e. The number of aryl methyl sites for hydroxylation is 1. The van der Waals surface area contributed by atoms with Gasteiger partial charge in [0.15, 0.2) is 5.82 Å². The van der Waals surface area contributed by atoms with Crippen molar-refractivity contribution in [1.29, 1.82) is 0 Å². The lowest BCUT2D eigenvalue weighted by atomic mass is 10.1. The third kappa shape index (κ3) is 2.87. The minimum absolute atomic E-state index is 0.603. The highest BCUT2D eigenvalue weighted by Crippen LogP contribution is 2.33. The van der Waals surface area contributed by atoms with Gasteiger partial charge in [-0.25, -0.2) is 4.68 Å². The van der Waals surface area contributed by atoms with Crippen LogP contribution in [0.1, 0.15) is 25.7 Å². The summed E-state index contributed by atoms with van der Waals surface area (Å²) in [5, 5.41) is 12.5. The molecule has 1 fully saturated rings. The summed E-state index contributed by atoms with van der Waals surface area (Å²) < 4.78 is 1.82. The van der Waals surface area contributed by atoms with Gasteiger partial charge in [-0.05, 0) is 47.4 Å². The van der Waals surface area contributed by atoms with Gasteiger partial charge in [0.2, 0.25) is 0 Å². The maximum atomic E-state index is 5.98. The summed E-state index contributed by atoms with van der Waals surface area (Å²) in [6.45, 7) is 0.834. The quantitative estimate of drug-likeness (QED) is 0.853. The van der Waals surface area contributed by atoms with Crippen LogP contribution < -0.4 is 5.73 Å². The molecule has 0 saturated heterocycles. The summed E-state index contributed by atoms with van der Waals surface area (Å²) in [4.78, 5) is 0. The number of benzene rings is 1. The molecule has 0 spiro atoms. The lowest BCUT2D eigenvalue weighted by molar-refractivity contribution is 0.527. The number of nitrogens with two attached hydrogens (primary N) is 1. The first kappa shape index (κ1) is 12.4. The standard InChI is InChI=1S/C13H16ClN5/c14-10-5-6-11(12(15)8-10)13-16-17-18-19(13)7-1-2-9-3-4-9/h5-6,8-9H,1-4,7,15H2. The topological polar surface area (TPSA) is 69.6 Å². The molecule has 1 aliphatic rings. The van der Waals surface area contributed by atoms with Gasteiger partial charge >= 0.3 is 0 Å². The van der Waals surface area contributed by atoms with E-state index in [1.807, 2.05) is 10.7 Å². The molecule has 6 heteroatoms. The molecule has 0 unspecified atom stereocenters. The van der Waals surface area contributed by atoms with E-state index in [1.54, 1.807) is 12.1 Å². The average Bonchev–Trinajstić information content (AvgIpc) is 3.08. The Bertz CT molecular complexity index is 576. The molecule has 1 aliphatic carbocycles. The van der Waals surface area contributed by atoms with Crippen LogP contribution in [0.3, 0.4) is 0 Å². The molecule has 1 saturated carbocycles. The molecule has 5 nitrogen and oxygen atoms in total. The fraction of sp³-hybridized carbons (Fsp3) is 0.462. The second-order valence-corrected chi connectivity index (χ2v) is 5.48. The van der Waals surface area contributed by atoms with Crippen molar-refractivity contribution in [2.24, 2.45) is 5.92 Å². The van der Waals surface area contributed by atoms with Crippen molar-refractivity contribution in [2.75, 3.05) is 5.73 Å². The van der Waals surface area contributed by atoms with Crippen LogP contribution >= 0.6 is 11.6 Å². The number of aromatic nitrogens is 4. The zero-order valence-electron chi connectivity index (χ0n) is 10.6. The number of halogens is 1. The van der Waals surface area contributed by atoms with Crippen LogP contribution in [0.5, 0.6) is 0 Å². The van der Waals surface area contributed by atoms with Crippen molar-refractivity contribution in [3.05, 3.63) is 23.2 Å². The lowest BCUT2D eigenvalue weighted by Crippen LogP contribution is -2.04. The Balaban J connectivity index is 1.77. The minimum atomic E-state index is 0.603. The Morgan fingerprint density at radius 1 is 1.37 bits per heavy atom. The average molecular weight is 278 g/mol. The fourth-order valence-electron chi connectivity index (χ4n) is 2.22. The monoisotopic (exact) mass is 277 g/mol. The first-order valence-corrected chi connectivity index (χ1v) is 6.93. The van der Waals surface area contributed by atoms with E-state index in [2.05, 4.69) is 15.5 Å². The van der Waals surface area contributed by atoms with E-state index in [0.29, 0.717) is 16.5 Å². The van der Waals surface area contributed by atoms with Gasteiger partial charge in [-0.2, -0.15) is 0 Å². The van der Waals surface area contributed by atoms with Gasteiger partial charge in [0, 0.05) is 22.8 Å². The smallest absolute Gasteiger partial charge is 0.184 e. The predicted octanol–water partition coefficient (Wildman–Crippen LogP) is 2.77. The molecule has 2 aromatic rings. The van der Waals surface area contributed by atoms with Crippen molar-refractivity contribution in [3.8, 4) is 11.4 Å². The molecule has 19 heavy (non-hydrogen) atoms. The molecular formula is C13H16ClN5. The molecule has 100 valence electrons. The molecule has 1 aromatic heterocycles. The van der Waals surface area contributed by atoms with Crippen LogP contribution in [0.2, 0.25) is 5.02 Å². The highest BCUT2D eigenvalue weighted by Gasteiger charge is 2.20. The van der Waals surface area contributed by atoms with Crippen molar-refractivity contribution in [3.63, 3.8) is 0 Å². The van der Waals surface area contributed by atoms with E-state index in [-0.39, 0.29) is 0 Å². The van der Waals surface area contributed by atoms with Crippen LogP contribution in [0.4, 0.5) is 5.69 Å². The summed E-state index contributed by atoms with van der Waals surface area (Å²) in [6, 6.07) is 5.39. The fourth-order valence-corrected chi connectivity index (χ4v) is 2.40. The first-order chi connectivity index (χ1) is 9.24. The van der Waals surface area contributed by atoms with Gasteiger partial charge in [0.25, 0.3) is 0 Å². The number of nitrogen functional groups attached to an aromatic ring is 1. The number of tetrazole rings is 1. The van der Waals surface area contributed by atoms with E-state index < -0.39 is 0 Å². The van der Waals surface area contributed by atoms with Crippen LogP contribution in [-0.4, -0.2) is 20.2 Å². The Morgan fingerprint density at radius 2 is 2.21 bits per heavy atom. The van der Waals surface area contributed by atoms with Crippen LogP contribution in [0, 0.1) is 5.92 Å². The second-order valence-electron chi connectivity index (χ2n) is 5.04. The zero-order valence-corrected chi connectivity index (χ0v) is 11.3. The maximum absolute atomic E-state index is 5.98. The van der Waals surface area contributed by atoms with Gasteiger partial charge in [-0.1, -0.05) is 24.4 Å². The van der Waals surface area contributed by atoms with Gasteiger partial charge in [-0.15, -0.1) is 5.10 Å². The first-order valence-electron chi connectivity index (χ1n) is 6.55. The summed E-state index contributed by atoms with van der Waals surface area (Å²) >= 11 is 5.91.